The van der Waals surface area contributed by atoms with Gasteiger partial charge in [0.05, 0.1) is 16.5 Å². The summed E-state index contributed by atoms with van der Waals surface area (Å²) in [7, 11) is -3.57. The molecule has 1 unspecified atom stereocenters. The summed E-state index contributed by atoms with van der Waals surface area (Å²) in [5.41, 5.74) is 6.05. The first-order chi connectivity index (χ1) is 12.9. The fourth-order valence-corrected chi connectivity index (χ4v) is 4.27. The number of carbonyl (C=O) groups is 1. The van der Waals surface area contributed by atoms with Crippen molar-refractivity contribution in [3.63, 3.8) is 0 Å². The molecule has 1 aromatic rings. The van der Waals surface area contributed by atoms with Crippen molar-refractivity contribution in [1.29, 1.82) is 0 Å². The lowest BCUT2D eigenvalue weighted by Crippen LogP contribution is -2.56. The van der Waals surface area contributed by atoms with Gasteiger partial charge in [-0.15, -0.1) is 0 Å². The molecule has 0 saturated carbocycles. The Morgan fingerprint density at radius 2 is 1.89 bits per heavy atom. The predicted molar refractivity (Wildman–Crippen MR) is 99.4 cm³/mol. The molecule has 0 aliphatic carbocycles. The Bertz CT molecular complexity index is 739. The Labute approximate surface area is 159 Å². The highest BCUT2D eigenvalue weighted by Gasteiger charge is 2.35. The summed E-state index contributed by atoms with van der Waals surface area (Å²) in [6.45, 7) is 2.22. The quantitative estimate of drug-likeness (QED) is 0.607. The van der Waals surface area contributed by atoms with Crippen LogP contribution in [0.15, 0.2) is 29.2 Å². The molecule has 2 heterocycles. The molecule has 9 heteroatoms. The minimum atomic E-state index is -3.57. The molecule has 0 bridgehead atoms. The predicted octanol–water partition coefficient (Wildman–Crippen LogP) is 0.268. The number of amides is 1. The summed E-state index contributed by atoms with van der Waals surface area (Å²) in [4.78, 5) is 12.5. The van der Waals surface area contributed by atoms with E-state index in [4.69, 9.17) is 15.2 Å². The number of hydrogen-bond donors (Lipinski definition) is 3. The highest BCUT2D eigenvalue weighted by Crippen LogP contribution is 2.18. The van der Waals surface area contributed by atoms with E-state index in [-0.39, 0.29) is 23.5 Å². The molecule has 2 aliphatic rings. The first-order valence-electron chi connectivity index (χ1n) is 9.24. The first-order valence-corrected chi connectivity index (χ1v) is 10.7. The number of nitrogens with one attached hydrogen (secondary N) is 2. The maximum atomic E-state index is 12.4. The second-order valence-electron chi connectivity index (χ2n) is 7.08. The van der Waals surface area contributed by atoms with E-state index < -0.39 is 15.6 Å². The Morgan fingerprint density at radius 1 is 1.19 bits per heavy atom. The van der Waals surface area contributed by atoms with Gasteiger partial charge in [-0.2, -0.15) is 0 Å². The van der Waals surface area contributed by atoms with E-state index in [1.165, 1.54) is 12.1 Å². The molecule has 4 N–H and O–H groups in total. The number of hydrogen-bond acceptors (Lipinski definition) is 6. The lowest BCUT2D eigenvalue weighted by molar-refractivity contribution is -0.129. The van der Waals surface area contributed by atoms with Gasteiger partial charge in [0, 0.05) is 32.9 Å². The van der Waals surface area contributed by atoms with Crippen LogP contribution < -0.4 is 15.8 Å². The van der Waals surface area contributed by atoms with Crippen molar-refractivity contribution < 1.29 is 22.7 Å². The van der Waals surface area contributed by atoms with Crippen LogP contribution in [0.3, 0.4) is 0 Å². The second kappa shape index (κ2) is 8.66. The van der Waals surface area contributed by atoms with Gasteiger partial charge in [0.2, 0.25) is 15.9 Å². The molecule has 3 rings (SSSR count). The van der Waals surface area contributed by atoms with Crippen LogP contribution >= 0.6 is 0 Å². The van der Waals surface area contributed by atoms with E-state index in [1.54, 1.807) is 12.1 Å². The van der Waals surface area contributed by atoms with Gasteiger partial charge in [0.15, 0.2) is 0 Å². The molecule has 8 nitrogen and oxygen atoms in total. The molecule has 150 valence electrons. The first kappa shape index (κ1) is 20.2. The van der Waals surface area contributed by atoms with Gasteiger partial charge in [0.25, 0.3) is 0 Å². The molecule has 0 aromatic heterocycles. The Kier molecular flexibility index (Phi) is 6.48. The molecular weight excluding hydrogens is 370 g/mol. The summed E-state index contributed by atoms with van der Waals surface area (Å²) in [5, 5.41) is 2.83. The van der Waals surface area contributed by atoms with Crippen molar-refractivity contribution in [3.05, 3.63) is 29.8 Å². The zero-order chi connectivity index (χ0) is 19.3. The van der Waals surface area contributed by atoms with Crippen molar-refractivity contribution in [3.8, 4) is 0 Å². The highest BCUT2D eigenvalue weighted by molar-refractivity contribution is 7.89. The van der Waals surface area contributed by atoms with E-state index in [1.807, 2.05) is 0 Å². The van der Waals surface area contributed by atoms with E-state index in [0.29, 0.717) is 39.2 Å². The van der Waals surface area contributed by atoms with E-state index in [9.17, 15) is 13.2 Å². The SMILES string of the molecule is NC1(C(=O)NCc2ccc(S(=O)(=O)NCC3CCCO3)cc2)CCOCC1. The summed E-state index contributed by atoms with van der Waals surface area (Å²) < 4.78 is 38.0. The lowest BCUT2D eigenvalue weighted by Gasteiger charge is -2.31. The number of benzene rings is 1. The van der Waals surface area contributed by atoms with Gasteiger partial charge < -0.3 is 20.5 Å². The normalized spacial score (nSPS) is 22.5. The van der Waals surface area contributed by atoms with Gasteiger partial charge in [-0.1, -0.05) is 12.1 Å². The standard InChI is InChI=1S/C18H27N3O5S/c19-18(7-10-25-11-8-18)17(22)20-12-14-3-5-16(6-4-14)27(23,24)21-13-15-2-1-9-26-15/h3-6,15,21H,1-2,7-13,19H2,(H,20,22). The molecule has 0 radical (unpaired) electrons. The van der Waals surface area contributed by atoms with Crippen LogP contribution in [0.25, 0.3) is 0 Å². The number of sulfonamides is 1. The Morgan fingerprint density at radius 3 is 2.52 bits per heavy atom. The molecule has 1 atom stereocenters. The maximum absolute atomic E-state index is 12.4. The molecular formula is C18H27N3O5S. The average Bonchev–Trinajstić information content (AvgIpc) is 3.19. The van der Waals surface area contributed by atoms with Gasteiger partial charge in [0.1, 0.15) is 0 Å². The van der Waals surface area contributed by atoms with Gasteiger partial charge in [-0.25, -0.2) is 13.1 Å². The van der Waals surface area contributed by atoms with Crippen molar-refractivity contribution >= 4 is 15.9 Å². The summed E-state index contributed by atoms with van der Waals surface area (Å²) in [6, 6.07) is 6.44. The van der Waals surface area contributed by atoms with Crippen molar-refractivity contribution in [2.24, 2.45) is 5.73 Å². The highest BCUT2D eigenvalue weighted by atomic mass is 32.2. The van der Waals surface area contributed by atoms with E-state index >= 15 is 0 Å². The zero-order valence-electron chi connectivity index (χ0n) is 15.3. The summed E-state index contributed by atoms with van der Waals surface area (Å²) in [6.07, 6.45) is 2.77. The summed E-state index contributed by atoms with van der Waals surface area (Å²) in [5.74, 6) is -0.208. The Balaban J connectivity index is 1.52. The zero-order valence-corrected chi connectivity index (χ0v) is 16.1. The van der Waals surface area contributed by atoms with Crippen LogP contribution in [-0.2, 0) is 30.8 Å². The van der Waals surface area contributed by atoms with Crippen LogP contribution in [0.2, 0.25) is 0 Å². The maximum Gasteiger partial charge on any atom is 0.240 e. The van der Waals surface area contributed by atoms with Gasteiger partial charge >= 0.3 is 0 Å². The van der Waals surface area contributed by atoms with Crippen molar-refractivity contribution in [2.45, 2.75) is 48.8 Å². The molecule has 27 heavy (non-hydrogen) atoms. The van der Waals surface area contributed by atoms with Crippen molar-refractivity contribution in [1.82, 2.24) is 10.0 Å². The van der Waals surface area contributed by atoms with Crippen LogP contribution in [0.1, 0.15) is 31.2 Å². The third kappa shape index (κ3) is 5.26. The minimum absolute atomic E-state index is 0.0527. The monoisotopic (exact) mass is 397 g/mol. The van der Waals surface area contributed by atoms with Crippen LogP contribution in [0.4, 0.5) is 0 Å². The van der Waals surface area contributed by atoms with Crippen molar-refractivity contribution in [2.75, 3.05) is 26.4 Å². The molecule has 2 saturated heterocycles. The van der Waals surface area contributed by atoms with Crippen LogP contribution in [0.5, 0.6) is 0 Å². The largest absolute Gasteiger partial charge is 0.381 e. The lowest BCUT2D eigenvalue weighted by atomic mass is 9.90. The fraction of sp³-hybridized carbons (Fsp3) is 0.611. The smallest absolute Gasteiger partial charge is 0.240 e. The molecule has 2 aliphatic heterocycles. The molecule has 1 aromatic carbocycles. The number of nitrogens with two attached hydrogens (primary N) is 1. The number of rotatable bonds is 7. The third-order valence-corrected chi connectivity index (χ3v) is 6.49. The third-order valence-electron chi connectivity index (χ3n) is 5.05. The van der Waals surface area contributed by atoms with E-state index in [0.717, 1.165) is 18.4 Å². The number of carbonyl (C=O) groups excluding carboxylic acids is 1. The van der Waals surface area contributed by atoms with E-state index in [2.05, 4.69) is 10.0 Å². The fourth-order valence-electron chi connectivity index (χ4n) is 3.20. The van der Waals surface area contributed by atoms with Crippen LogP contribution in [0, 0.1) is 0 Å². The number of ether oxygens (including phenoxy) is 2. The van der Waals surface area contributed by atoms with Gasteiger partial charge in [-0.05, 0) is 43.4 Å². The van der Waals surface area contributed by atoms with Crippen LogP contribution in [-0.4, -0.2) is 52.3 Å². The molecule has 0 spiro atoms. The van der Waals surface area contributed by atoms with Gasteiger partial charge in [-0.3, -0.25) is 4.79 Å². The minimum Gasteiger partial charge on any atom is -0.381 e. The average molecular weight is 397 g/mol. The second-order valence-corrected chi connectivity index (χ2v) is 8.85. The summed E-state index contributed by atoms with van der Waals surface area (Å²) >= 11 is 0. The Hall–Kier alpha value is -1.52. The topological polar surface area (TPSA) is 120 Å². The molecule has 1 amide bonds. The molecule has 2 fully saturated rings.